The third-order valence-electron chi connectivity index (χ3n) is 4.05. The number of carbonyl (C=O) groups excluding carboxylic acids is 2. The summed E-state index contributed by atoms with van der Waals surface area (Å²) in [4.78, 5) is 24.7. The minimum absolute atomic E-state index is 0.298. The van der Waals surface area contributed by atoms with Crippen molar-refractivity contribution < 1.29 is 19.1 Å². The summed E-state index contributed by atoms with van der Waals surface area (Å²) in [5.41, 5.74) is 3.73. The summed E-state index contributed by atoms with van der Waals surface area (Å²) < 4.78 is 11.7. The molecular formula is C23H18BrClN2O4. The van der Waals surface area contributed by atoms with E-state index in [0.29, 0.717) is 39.8 Å². The number of amides is 1. The number of esters is 1. The fourth-order valence-electron chi connectivity index (χ4n) is 2.55. The van der Waals surface area contributed by atoms with E-state index in [0.717, 1.165) is 4.47 Å². The molecule has 0 fully saturated rings. The first-order valence-electron chi connectivity index (χ1n) is 9.30. The fraction of sp³-hybridized carbons (Fsp3) is 0.0870. The molecule has 0 aromatic heterocycles. The van der Waals surface area contributed by atoms with Gasteiger partial charge in [0, 0.05) is 20.6 Å². The summed E-state index contributed by atoms with van der Waals surface area (Å²) >= 11 is 9.21. The number of halogens is 2. The largest absolute Gasteiger partial charge is 0.494 e. The Morgan fingerprint density at radius 1 is 1.03 bits per heavy atom. The van der Waals surface area contributed by atoms with Crippen molar-refractivity contribution in [1.82, 2.24) is 5.43 Å². The third kappa shape index (κ3) is 6.41. The molecule has 8 heteroatoms. The Balaban J connectivity index is 1.71. The van der Waals surface area contributed by atoms with Crippen molar-refractivity contribution in [1.29, 1.82) is 0 Å². The van der Waals surface area contributed by atoms with Crippen LogP contribution >= 0.6 is 27.5 Å². The van der Waals surface area contributed by atoms with Crippen LogP contribution in [0.3, 0.4) is 0 Å². The number of carbonyl (C=O) groups is 2. The smallest absolute Gasteiger partial charge is 0.343 e. The Hall–Kier alpha value is -3.16. The van der Waals surface area contributed by atoms with Gasteiger partial charge in [0.15, 0.2) is 0 Å². The summed E-state index contributed by atoms with van der Waals surface area (Å²) in [5, 5.41) is 4.50. The molecule has 3 aromatic carbocycles. The molecule has 0 saturated carbocycles. The summed E-state index contributed by atoms with van der Waals surface area (Å²) in [6.07, 6.45) is 1.40. The lowest BCUT2D eigenvalue weighted by Crippen LogP contribution is -2.17. The summed E-state index contributed by atoms with van der Waals surface area (Å²) in [5.74, 6) is 0.0552. The van der Waals surface area contributed by atoms with Crippen molar-refractivity contribution in [3.63, 3.8) is 0 Å². The van der Waals surface area contributed by atoms with Gasteiger partial charge in [-0.1, -0.05) is 27.5 Å². The van der Waals surface area contributed by atoms with Gasteiger partial charge in [0.05, 0.1) is 18.4 Å². The van der Waals surface area contributed by atoms with Gasteiger partial charge in [0.1, 0.15) is 11.5 Å². The zero-order valence-corrected chi connectivity index (χ0v) is 18.8. The predicted octanol–water partition coefficient (Wildman–Crippen LogP) is 5.48. The number of nitrogens with one attached hydrogen (secondary N) is 1. The summed E-state index contributed by atoms with van der Waals surface area (Å²) in [6.45, 7) is 2.43. The van der Waals surface area contributed by atoms with Crippen LogP contribution in [0.5, 0.6) is 11.5 Å². The van der Waals surface area contributed by atoms with E-state index in [4.69, 9.17) is 21.1 Å². The first-order chi connectivity index (χ1) is 15.0. The zero-order valence-electron chi connectivity index (χ0n) is 16.5. The average molecular weight is 502 g/mol. The summed E-state index contributed by atoms with van der Waals surface area (Å²) in [7, 11) is 0. The molecule has 0 unspecified atom stereocenters. The van der Waals surface area contributed by atoms with E-state index in [2.05, 4.69) is 26.5 Å². The van der Waals surface area contributed by atoms with E-state index in [1.165, 1.54) is 6.21 Å². The number of ether oxygens (including phenoxy) is 2. The molecule has 3 rings (SSSR count). The maximum Gasteiger partial charge on any atom is 0.343 e. The van der Waals surface area contributed by atoms with E-state index in [1.54, 1.807) is 66.7 Å². The van der Waals surface area contributed by atoms with Crippen LogP contribution in [0.2, 0.25) is 5.02 Å². The average Bonchev–Trinajstić information content (AvgIpc) is 2.76. The molecule has 0 bridgehead atoms. The van der Waals surface area contributed by atoms with Gasteiger partial charge in [0.25, 0.3) is 5.91 Å². The summed E-state index contributed by atoms with van der Waals surface area (Å²) in [6, 6.07) is 18.2. The van der Waals surface area contributed by atoms with Gasteiger partial charge in [-0.2, -0.15) is 5.10 Å². The normalized spacial score (nSPS) is 10.7. The van der Waals surface area contributed by atoms with E-state index >= 15 is 0 Å². The van der Waals surface area contributed by atoms with Gasteiger partial charge < -0.3 is 9.47 Å². The Morgan fingerprint density at radius 2 is 1.71 bits per heavy atom. The molecule has 31 heavy (non-hydrogen) atoms. The zero-order chi connectivity index (χ0) is 22.2. The van der Waals surface area contributed by atoms with Crippen LogP contribution in [-0.4, -0.2) is 24.7 Å². The fourth-order valence-corrected chi connectivity index (χ4v) is 3.06. The van der Waals surface area contributed by atoms with Crippen LogP contribution in [0.25, 0.3) is 0 Å². The Morgan fingerprint density at radius 3 is 2.39 bits per heavy atom. The molecular weight excluding hydrogens is 484 g/mol. The molecule has 1 amide bonds. The quantitative estimate of drug-likeness (QED) is 0.201. The van der Waals surface area contributed by atoms with Crippen LogP contribution in [0.4, 0.5) is 0 Å². The molecule has 0 radical (unpaired) electrons. The molecule has 0 spiro atoms. The lowest BCUT2D eigenvalue weighted by molar-refractivity contribution is 0.0734. The standard InChI is InChI=1S/C23H18BrClN2O4/c1-2-30-20-10-5-16(6-11-20)23(29)31-21-12-7-18(24)13-17(21)14-26-27-22(28)15-3-8-19(25)9-4-15/h3-14H,2H2,1H3,(H,27,28)/b26-14+. The molecule has 0 atom stereocenters. The van der Waals surface area contributed by atoms with Crippen molar-refractivity contribution >= 4 is 45.6 Å². The molecule has 1 N–H and O–H groups in total. The second-order valence-corrected chi connectivity index (χ2v) is 7.59. The van der Waals surface area contributed by atoms with Crippen LogP contribution in [0.15, 0.2) is 76.3 Å². The number of hydrogen-bond donors (Lipinski definition) is 1. The minimum atomic E-state index is -0.523. The van der Waals surface area contributed by atoms with Gasteiger partial charge in [0.2, 0.25) is 0 Å². The predicted molar refractivity (Wildman–Crippen MR) is 123 cm³/mol. The first kappa shape index (κ1) is 22.5. The Labute approximate surface area is 193 Å². The number of rotatable bonds is 7. The monoisotopic (exact) mass is 500 g/mol. The van der Waals surface area contributed by atoms with Gasteiger partial charge in [-0.3, -0.25) is 4.79 Å². The molecule has 6 nitrogen and oxygen atoms in total. The van der Waals surface area contributed by atoms with Crippen molar-refractivity contribution in [2.24, 2.45) is 5.10 Å². The lowest BCUT2D eigenvalue weighted by atomic mass is 10.2. The molecule has 3 aromatic rings. The highest BCUT2D eigenvalue weighted by Gasteiger charge is 2.12. The van der Waals surface area contributed by atoms with Gasteiger partial charge in [-0.05, 0) is 73.7 Å². The van der Waals surface area contributed by atoms with Crippen LogP contribution in [0.1, 0.15) is 33.2 Å². The molecule has 0 saturated heterocycles. The molecule has 0 heterocycles. The van der Waals surface area contributed by atoms with E-state index in [1.807, 2.05) is 6.92 Å². The topological polar surface area (TPSA) is 77.0 Å². The molecule has 158 valence electrons. The van der Waals surface area contributed by atoms with Crippen molar-refractivity contribution in [3.8, 4) is 11.5 Å². The van der Waals surface area contributed by atoms with E-state index in [9.17, 15) is 9.59 Å². The molecule has 0 aliphatic heterocycles. The van der Waals surface area contributed by atoms with Crippen molar-refractivity contribution in [3.05, 3.63) is 92.9 Å². The van der Waals surface area contributed by atoms with Crippen molar-refractivity contribution in [2.75, 3.05) is 6.61 Å². The number of hydrazone groups is 1. The number of hydrogen-bond acceptors (Lipinski definition) is 5. The number of nitrogens with zero attached hydrogens (tertiary/aromatic N) is 1. The minimum Gasteiger partial charge on any atom is -0.494 e. The highest BCUT2D eigenvalue weighted by atomic mass is 79.9. The molecule has 0 aliphatic rings. The van der Waals surface area contributed by atoms with Crippen molar-refractivity contribution in [2.45, 2.75) is 6.92 Å². The highest BCUT2D eigenvalue weighted by molar-refractivity contribution is 9.10. The lowest BCUT2D eigenvalue weighted by Gasteiger charge is -2.09. The maximum atomic E-state index is 12.5. The number of benzene rings is 3. The Kier molecular flexibility index (Phi) is 7.81. The van der Waals surface area contributed by atoms with Crippen LogP contribution < -0.4 is 14.9 Å². The van der Waals surface area contributed by atoms with Crippen LogP contribution in [0, 0.1) is 0 Å². The second kappa shape index (κ2) is 10.7. The Bertz CT molecular complexity index is 1100. The van der Waals surface area contributed by atoms with Gasteiger partial charge in [-0.25, -0.2) is 10.2 Å². The van der Waals surface area contributed by atoms with E-state index in [-0.39, 0.29) is 0 Å². The highest BCUT2D eigenvalue weighted by Crippen LogP contribution is 2.23. The SMILES string of the molecule is CCOc1ccc(C(=O)Oc2ccc(Br)cc2/C=N/NC(=O)c2ccc(Cl)cc2)cc1. The second-order valence-electron chi connectivity index (χ2n) is 6.24. The maximum absolute atomic E-state index is 12.5. The first-order valence-corrected chi connectivity index (χ1v) is 10.5. The van der Waals surface area contributed by atoms with Gasteiger partial charge in [-0.15, -0.1) is 0 Å². The van der Waals surface area contributed by atoms with Gasteiger partial charge >= 0.3 is 5.97 Å². The molecule has 0 aliphatic carbocycles. The third-order valence-corrected chi connectivity index (χ3v) is 4.80. The van der Waals surface area contributed by atoms with Crippen LogP contribution in [-0.2, 0) is 0 Å². The van der Waals surface area contributed by atoms with E-state index < -0.39 is 11.9 Å².